The smallest absolute Gasteiger partial charge is 0.254 e. The summed E-state index contributed by atoms with van der Waals surface area (Å²) in [6.07, 6.45) is 4.77. The van der Waals surface area contributed by atoms with Crippen molar-refractivity contribution in [3.05, 3.63) is 173 Å². The molecule has 0 N–H and O–H groups in total. The van der Waals surface area contributed by atoms with Crippen LogP contribution in [0.15, 0.2) is 140 Å². The summed E-state index contributed by atoms with van der Waals surface area (Å²) in [6.45, 7) is 40.7. The lowest BCUT2D eigenvalue weighted by Crippen LogP contribution is -2.64. The van der Waals surface area contributed by atoms with Gasteiger partial charge in [-0.15, -0.1) is 11.3 Å². The molecule has 1 fully saturated rings. The largest absolute Gasteiger partial charge is 0.335 e. The fourth-order valence-electron chi connectivity index (χ4n) is 13.8. The van der Waals surface area contributed by atoms with Crippen LogP contribution in [0, 0.1) is 0 Å². The Morgan fingerprint density at radius 1 is 0.481 bits per heavy atom. The Hall–Kier alpha value is -6.04. The molecular formula is C72H82BN3S. The molecule has 2 atom stereocenters. The Labute approximate surface area is 466 Å². The highest BCUT2D eigenvalue weighted by molar-refractivity contribution is 7.26. The molecule has 0 bridgehead atoms. The van der Waals surface area contributed by atoms with Gasteiger partial charge in [-0.1, -0.05) is 209 Å². The maximum atomic E-state index is 2.94. The first-order valence-corrected chi connectivity index (χ1v) is 29.6. The molecule has 2 unspecified atom stereocenters. The summed E-state index contributed by atoms with van der Waals surface area (Å²) in [6, 6.07) is 55.5. The molecule has 0 spiro atoms. The monoisotopic (exact) mass is 1030 g/mol. The fraction of sp³-hybridized carbons (Fsp3) is 0.389. The lowest BCUT2D eigenvalue weighted by Gasteiger charge is -2.52. The summed E-state index contributed by atoms with van der Waals surface area (Å²) in [5.41, 5.74) is 23.7. The summed E-state index contributed by atoms with van der Waals surface area (Å²) in [5.74, 6) is 0. The van der Waals surface area contributed by atoms with E-state index >= 15 is 0 Å². The average molecular weight is 1030 g/mol. The van der Waals surface area contributed by atoms with Crippen molar-refractivity contribution in [2.24, 2.45) is 0 Å². The van der Waals surface area contributed by atoms with Gasteiger partial charge in [-0.05, 0) is 162 Å². The van der Waals surface area contributed by atoms with E-state index in [-0.39, 0.29) is 44.7 Å². The van der Waals surface area contributed by atoms with Gasteiger partial charge < -0.3 is 14.7 Å². The molecule has 0 amide bonds. The number of hydrogen-bond acceptors (Lipinski definition) is 4. The van der Waals surface area contributed by atoms with E-state index in [1.54, 1.807) is 5.56 Å². The third kappa shape index (κ3) is 8.08. The molecule has 0 radical (unpaired) electrons. The van der Waals surface area contributed by atoms with Crippen molar-refractivity contribution in [2.75, 3.05) is 14.7 Å². The molecule has 8 aromatic rings. The molecule has 7 aromatic carbocycles. The van der Waals surface area contributed by atoms with Crippen molar-refractivity contribution in [3.63, 3.8) is 0 Å². The Kier molecular flexibility index (Phi) is 11.6. The number of rotatable bonds is 5. The minimum atomic E-state index is -0.158. The molecule has 4 heterocycles. The molecular weight excluding hydrogens is 950 g/mol. The molecule has 12 rings (SSSR count). The first kappa shape index (κ1) is 51.7. The van der Waals surface area contributed by atoms with E-state index in [1.807, 2.05) is 11.3 Å². The maximum Gasteiger partial charge on any atom is 0.254 e. The van der Waals surface area contributed by atoms with Crippen LogP contribution >= 0.6 is 11.3 Å². The van der Waals surface area contributed by atoms with Crippen LogP contribution in [0.4, 0.5) is 44.8 Å². The highest BCUT2D eigenvalue weighted by atomic mass is 32.1. The zero-order valence-electron chi connectivity index (χ0n) is 49.4. The minimum Gasteiger partial charge on any atom is -0.335 e. The molecule has 0 saturated heterocycles. The van der Waals surface area contributed by atoms with Gasteiger partial charge in [-0.25, -0.2) is 0 Å². The molecule has 1 saturated carbocycles. The summed E-state index contributed by atoms with van der Waals surface area (Å²) < 4.78 is 1.34. The van der Waals surface area contributed by atoms with Crippen LogP contribution in [0.2, 0.25) is 0 Å². The van der Waals surface area contributed by atoms with E-state index in [9.17, 15) is 0 Å². The number of benzene rings is 7. The number of nitrogens with zero attached hydrogens (tertiary/aromatic N) is 3. The SMILES string of the molecule is CC(C)(C)c1ccc(N(c2ccc(C(C)(C)C)cc2)c2cc3c4c(c2)N2c5c(cc(C(C)(C)C)cc5C5(C)CCCCC25C)B4c2c(sc4ccc(C(C)(C)C)cc24)N3c2ccc(C(C)(C)C)cc2-c2ccccc2)cc1. The highest BCUT2D eigenvalue weighted by Gasteiger charge is 2.62. The lowest BCUT2D eigenvalue weighted by molar-refractivity contribution is 0.195. The van der Waals surface area contributed by atoms with Gasteiger partial charge in [0.2, 0.25) is 0 Å². The average Bonchev–Trinajstić information content (AvgIpc) is 3.57. The van der Waals surface area contributed by atoms with Crippen LogP contribution in [0.25, 0.3) is 21.2 Å². The van der Waals surface area contributed by atoms with Crippen molar-refractivity contribution >= 4 is 89.3 Å². The molecule has 394 valence electrons. The molecule has 3 nitrogen and oxygen atoms in total. The third-order valence-electron chi connectivity index (χ3n) is 18.8. The Morgan fingerprint density at radius 2 is 1.01 bits per heavy atom. The van der Waals surface area contributed by atoms with Crippen LogP contribution in [-0.4, -0.2) is 12.3 Å². The Balaban J connectivity index is 1.26. The van der Waals surface area contributed by atoms with E-state index in [2.05, 4.69) is 272 Å². The van der Waals surface area contributed by atoms with E-state index < -0.39 is 0 Å². The van der Waals surface area contributed by atoms with Crippen LogP contribution in [-0.2, 0) is 32.5 Å². The standard InChI is InChI=1S/C72H82BN3S/c1-66(2,3)46-25-31-51(32-26-46)74(52-33-27-47(28-34-52)67(4,5)6)53-43-59-63-60(44-53)76-64-56(71(16)37-21-22-38-72(71,76)17)41-50(70(13,14)15)42-57(64)73(63)62-55-40-49(69(10,11)12)30-36-61(55)77-65(62)75(59)58-35-29-48(68(7,8)9)39-54(58)45-23-19-18-20-24-45/h18-20,23-36,39-44H,21-22,37-38H2,1-17H3. The Bertz CT molecular complexity index is 3580. The number of hydrogen-bond donors (Lipinski definition) is 0. The lowest BCUT2D eigenvalue weighted by atomic mass is 9.33. The molecule has 77 heavy (non-hydrogen) atoms. The third-order valence-corrected chi connectivity index (χ3v) is 20.0. The van der Waals surface area contributed by atoms with Crippen molar-refractivity contribution in [2.45, 2.75) is 181 Å². The summed E-state index contributed by atoms with van der Waals surface area (Å²) in [7, 11) is 0. The topological polar surface area (TPSA) is 9.72 Å². The fourth-order valence-corrected chi connectivity index (χ4v) is 15.1. The first-order valence-electron chi connectivity index (χ1n) is 28.8. The maximum absolute atomic E-state index is 2.94. The van der Waals surface area contributed by atoms with Gasteiger partial charge in [0.05, 0.1) is 21.9 Å². The molecule has 1 aromatic heterocycles. The predicted octanol–water partition coefficient (Wildman–Crippen LogP) is 18.9. The molecule has 5 heteroatoms. The van der Waals surface area contributed by atoms with Crippen LogP contribution in [0.1, 0.15) is 177 Å². The van der Waals surface area contributed by atoms with Gasteiger partial charge in [0.1, 0.15) is 0 Å². The van der Waals surface area contributed by atoms with Gasteiger partial charge in [-0.3, -0.25) is 0 Å². The van der Waals surface area contributed by atoms with Crippen molar-refractivity contribution in [3.8, 4) is 11.1 Å². The highest BCUT2D eigenvalue weighted by Crippen LogP contribution is 2.63. The molecule has 4 aliphatic rings. The van der Waals surface area contributed by atoms with Gasteiger partial charge >= 0.3 is 0 Å². The summed E-state index contributed by atoms with van der Waals surface area (Å²) in [4.78, 5) is 8.24. The second-order valence-corrected chi connectivity index (χ2v) is 30.1. The van der Waals surface area contributed by atoms with Crippen molar-refractivity contribution in [1.82, 2.24) is 0 Å². The number of thiophene rings is 1. The summed E-state index contributed by atoms with van der Waals surface area (Å²) in [5, 5.41) is 2.70. The van der Waals surface area contributed by atoms with Crippen molar-refractivity contribution in [1.29, 1.82) is 0 Å². The number of anilines is 8. The molecule has 1 aliphatic carbocycles. The van der Waals surface area contributed by atoms with Crippen molar-refractivity contribution < 1.29 is 0 Å². The quantitative estimate of drug-likeness (QED) is 0.159. The van der Waals surface area contributed by atoms with E-state index in [0.29, 0.717) is 0 Å². The normalized spacial score (nSPS) is 19.1. The van der Waals surface area contributed by atoms with Gasteiger partial charge in [-0.2, -0.15) is 0 Å². The zero-order valence-corrected chi connectivity index (χ0v) is 50.3. The van der Waals surface area contributed by atoms with Crippen LogP contribution in [0.5, 0.6) is 0 Å². The van der Waals surface area contributed by atoms with E-state index in [1.165, 1.54) is 118 Å². The van der Waals surface area contributed by atoms with Gasteiger partial charge in [0, 0.05) is 44.1 Å². The number of fused-ring (bicyclic) bond motifs is 9. The second-order valence-electron chi connectivity index (χ2n) is 29.1. The molecule has 3 aliphatic heterocycles. The Morgan fingerprint density at radius 3 is 1.60 bits per heavy atom. The first-order chi connectivity index (χ1) is 36.1. The zero-order chi connectivity index (χ0) is 54.7. The van der Waals surface area contributed by atoms with Crippen LogP contribution in [0.3, 0.4) is 0 Å². The predicted molar refractivity (Wildman–Crippen MR) is 338 cm³/mol. The summed E-state index contributed by atoms with van der Waals surface area (Å²) >= 11 is 1.99. The minimum absolute atomic E-state index is 0.00327. The van der Waals surface area contributed by atoms with E-state index in [4.69, 9.17) is 0 Å². The van der Waals surface area contributed by atoms with E-state index in [0.717, 1.165) is 17.8 Å². The van der Waals surface area contributed by atoms with Crippen LogP contribution < -0.4 is 31.1 Å². The van der Waals surface area contributed by atoms with Gasteiger partial charge in [0.15, 0.2) is 0 Å². The van der Waals surface area contributed by atoms with Gasteiger partial charge in [0.25, 0.3) is 6.71 Å². The second kappa shape index (κ2) is 17.2.